The highest BCUT2D eigenvalue weighted by atomic mass is 35.5. The highest BCUT2D eigenvalue weighted by Crippen LogP contribution is 2.33. The number of rotatable bonds is 5. The Morgan fingerprint density at radius 3 is 2.28 bits per heavy atom. The van der Waals surface area contributed by atoms with Crippen LogP contribution in [0.25, 0.3) is 0 Å². The molecule has 0 saturated carbocycles. The fourth-order valence-electron chi connectivity index (χ4n) is 3.48. The van der Waals surface area contributed by atoms with Crippen LogP contribution in [0.3, 0.4) is 0 Å². The summed E-state index contributed by atoms with van der Waals surface area (Å²) in [6.07, 6.45) is 1.30. The number of benzene rings is 1. The molecule has 0 aromatic heterocycles. The van der Waals surface area contributed by atoms with Crippen LogP contribution < -0.4 is 14.4 Å². The number of carbonyl (C=O) groups is 2. The topological polar surface area (TPSA) is 79.3 Å². The fraction of sp³-hybridized carbons (Fsp3) is 0.529. The molecule has 0 bridgehead atoms. The molecule has 2 saturated heterocycles. The minimum atomic E-state index is -0.780. The third-order valence-corrected chi connectivity index (χ3v) is 4.83. The summed E-state index contributed by atoms with van der Waals surface area (Å²) in [5, 5.41) is 9.14. The van der Waals surface area contributed by atoms with Gasteiger partial charge in [0, 0.05) is 31.3 Å². The molecule has 1 aromatic carbocycles. The van der Waals surface area contributed by atoms with E-state index in [2.05, 4.69) is 0 Å². The van der Waals surface area contributed by atoms with E-state index in [-0.39, 0.29) is 30.3 Å². The Kier molecular flexibility index (Phi) is 6.13. The number of carboxylic acid groups (broad SMARTS) is 1. The average Bonchev–Trinajstić information content (AvgIpc) is 3.20. The molecule has 0 aliphatic carbocycles. The summed E-state index contributed by atoms with van der Waals surface area (Å²) in [7, 11) is 3.15. The summed E-state index contributed by atoms with van der Waals surface area (Å²) in [5.74, 6) is 0.123. The molecule has 2 atom stereocenters. The van der Waals surface area contributed by atoms with E-state index in [4.69, 9.17) is 14.6 Å². The lowest BCUT2D eigenvalue weighted by Crippen LogP contribution is -2.41. The number of ether oxygens (including phenoxy) is 2. The lowest BCUT2D eigenvalue weighted by atomic mass is 10.1. The van der Waals surface area contributed by atoms with Gasteiger partial charge in [0.1, 0.15) is 11.5 Å². The van der Waals surface area contributed by atoms with Gasteiger partial charge >= 0.3 is 5.97 Å². The predicted molar refractivity (Wildman–Crippen MR) is 94.9 cm³/mol. The van der Waals surface area contributed by atoms with Gasteiger partial charge in [0.05, 0.1) is 31.9 Å². The third-order valence-electron chi connectivity index (χ3n) is 4.83. The fourth-order valence-corrected chi connectivity index (χ4v) is 3.48. The van der Waals surface area contributed by atoms with E-state index >= 15 is 0 Å². The van der Waals surface area contributed by atoms with E-state index in [1.807, 2.05) is 17.0 Å². The molecule has 2 heterocycles. The van der Waals surface area contributed by atoms with Crippen LogP contribution in [-0.2, 0) is 9.59 Å². The zero-order valence-corrected chi connectivity index (χ0v) is 15.1. The van der Waals surface area contributed by atoms with Gasteiger partial charge in [-0.15, -0.1) is 12.4 Å². The highest BCUT2D eigenvalue weighted by Gasteiger charge is 2.41. The lowest BCUT2D eigenvalue weighted by molar-refractivity contribution is -0.141. The molecule has 2 fully saturated rings. The van der Waals surface area contributed by atoms with E-state index in [1.165, 1.54) is 0 Å². The maximum atomic E-state index is 12.8. The van der Waals surface area contributed by atoms with Crippen LogP contribution in [0.1, 0.15) is 12.8 Å². The monoisotopic (exact) mass is 370 g/mol. The molecule has 2 aliphatic rings. The number of carbonyl (C=O) groups excluding carboxylic acids is 1. The smallest absolute Gasteiger partial charge is 0.307 e. The largest absolute Gasteiger partial charge is 0.497 e. The molecule has 138 valence electrons. The van der Waals surface area contributed by atoms with Crippen molar-refractivity contribution in [3.63, 3.8) is 0 Å². The van der Waals surface area contributed by atoms with Gasteiger partial charge in [0.2, 0.25) is 5.91 Å². The van der Waals surface area contributed by atoms with E-state index in [1.54, 1.807) is 25.2 Å². The Morgan fingerprint density at radius 2 is 1.76 bits per heavy atom. The van der Waals surface area contributed by atoms with Gasteiger partial charge in [-0.1, -0.05) is 0 Å². The van der Waals surface area contributed by atoms with Gasteiger partial charge in [-0.25, -0.2) is 0 Å². The van der Waals surface area contributed by atoms with Crippen LogP contribution in [0.15, 0.2) is 18.2 Å². The van der Waals surface area contributed by atoms with Gasteiger partial charge in [0.25, 0.3) is 0 Å². The summed E-state index contributed by atoms with van der Waals surface area (Å²) in [6.45, 7) is 1.71. The molecule has 7 nitrogen and oxygen atoms in total. The first kappa shape index (κ1) is 19.3. The van der Waals surface area contributed by atoms with Crippen molar-refractivity contribution in [2.75, 3.05) is 38.8 Å². The number of anilines is 1. The first-order chi connectivity index (χ1) is 11.5. The average molecular weight is 371 g/mol. The van der Waals surface area contributed by atoms with Gasteiger partial charge in [0.15, 0.2) is 0 Å². The quantitative estimate of drug-likeness (QED) is 0.848. The second-order valence-corrected chi connectivity index (χ2v) is 6.18. The lowest BCUT2D eigenvalue weighted by Gasteiger charge is -2.23. The van der Waals surface area contributed by atoms with E-state index in [0.717, 1.165) is 5.69 Å². The summed E-state index contributed by atoms with van der Waals surface area (Å²) in [4.78, 5) is 27.7. The van der Waals surface area contributed by atoms with E-state index in [9.17, 15) is 9.59 Å². The molecule has 25 heavy (non-hydrogen) atoms. The van der Waals surface area contributed by atoms with Crippen LogP contribution >= 0.6 is 12.4 Å². The summed E-state index contributed by atoms with van der Waals surface area (Å²) in [6, 6.07) is 5.14. The number of hydrogen-bond donors (Lipinski definition) is 1. The molecule has 0 radical (unpaired) electrons. The molecular weight excluding hydrogens is 348 g/mol. The van der Waals surface area contributed by atoms with E-state index in [0.29, 0.717) is 44.0 Å². The summed E-state index contributed by atoms with van der Waals surface area (Å²) < 4.78 is 10.5. The zero-order valence-electron chi connectivity index (χ0n) is 14.3. The number of methoxy groups -OCH3 is 2. The first-order valence-electron chi connectivity index (χ1n) is 8.04. The summed E-state index contributed by atoms with van der Waals surface area (Å²) >= 11 is 0. The van der Waals surface area contributed by atoms with Crippen molar-refractivity contribution in [1.82, 2.24) is 4.90 Å². The zero-order chi connectivity index (χ0) is 17.3. The van der Waals surface area contributed by atoms with Crippen LogP contribution in [0.4, 0.5) is 5.69 Å². The Balaban J connectivity index is 0.00000225. The van der Waals surface area contributed by atoms with Gasteiger partial charge in [-0.2, -0.15) is 0 Å². The number of likely N-dealkylation sites (tertiary alicyclic amines) is 1. The predicted octanol–water partition coefficient (Wildman–Crippen LogP) is 1.64. The SMILES string of the molecule is COc1cc(OC)cc(N2CCC(N3CCC(C(=O)O)C3)C2=O)c1.Cl. The van der Waals surface area contributed by atoms with Crippen molar-refractivity contribution in [3.05, 3.63) is 18.2 Å². The molecule has 1 aromatic rings. The van der Waals surface area contributed by atoms with Crippen molar-refractivity contribution >= 4 is 30.0 Å². The molecule has 1 amide bonds. The van der Waals surface area contributed by atoms with Crippen LogP contribution in [-0.4, -0.2) is 61.8 Å². The number of nitrogens with zero attached hydrogens (tertiary/aromatic N) is 2. The number of amides is 1. The maximum Gasteiger partial charge on any atom is 0.307 e. The van der Waals surface area contributed by atoms with Gasteiger partial charge in [-0.05, 0) is 19.4 Å². The molecular formula is C17H23ClN2O5. The minimum Gasteiger partial charge on any atom is -0.497 e. The minimum absolute atomic E-state index is 0. The Hall–Kier alpha value is -1.99. The molecule has 3 rings (SSSR count). The van der Waals surface area contributed by atoms with Crippen molar-refractivity contribution in [1.29, 1.82) is 0 Å². The second-order valence-electron chi connectivity index (χ2n) is 6.18. The van der Waals surface area contributed by atoms with Crippen molar-refractivity contribution in [3.8, 4) is 11.5 Å². The molecule has 8 heteroatoms. The van der Waals surface area contributed by atoms with Gasteiger partial charge < -0.3 is 19.5 Å². The molecule has 2 unspecified atom stereocenters. The Bertz CT molecular complexity index is 632. The van der Waals surface area contributed by atoms with Gasteiger partial charge in [-0.3, -0.25) is 14.5 Å². The first-order valence-corrected chi connectivity index (χ1v) is 8.04. The summed E-state index contributed by atoms with van der Waals surface area (Å²) in [5.41, 5.74) is 0.743. The number of halogens is 1. The van der Waals surface area contributed by atoms with E-state index < -0.39 is 5.97 Å². The Labute approximate surface area is 152 Å². The van der Waals surface area contributed by atoms with Crippen LogP contribution in [0, 0.1) is 5.92 Å². The number of carboxylic acids is 1. The normalized spacial score (nSPS) is 23.4. The van der Waals surface area contributed by atoms with Crippen molar-refractivity contribution in [2.45, 2.75) is 18.9 Å². The standard InChI is InChI=1S/C17H22N2O5.ClH/c1-23-13-7-12(8-14(9-13)24-2)19-6-4-15(16(19)20)18-5-3-11(10-18)17(21)22;/h7-9,11,15H,3-6,10H2,1-2H3,(H,21,22);1H. The van der Waals surface area contributed by atoms with Crippen LogP contribution in [0.5, 0.6) is 11.5 Å². The maximum absolute atomic E-state index is 12.8. The number of aliphatic carboxylic acids is 1. The molecule has 0 spiro atoms. The van der Waals surface area contributed by atoms with Crippen molar-refractivity contribution in [2.24, 2.45) is 5.92 Å². The van der Waals surface area contributed by atoms with Crippen LogP contribution in [0.2, 0.25) is 0 Å². The molecule has 1 N–H and O–H groups in total. The Morgan fingerprint density at radius 1 is 1.12 bits per heavy atom. The highest BCUT2D eigenvalue weighted by molar-refractivity contribution is 5.99. The molecule has 2 aliphatic heterocycles. The van der Waals surface area contributed by atoms with Crippen molar-refractivity contribution < 1.29 is 24.2 Å². The number of hydrogen-bond acceptors (Lipinski definition) is 5. The third kappa shape index (κ3) is 3.82. The second kappa shape index (κ2) is 7.93.